The first-order valence-corrected chi connectivity index (χ1v) is 11.9. The highest BCUT2D eigenvalue weighted by molar-refractivity contribution is 7.07. The van der Waals surface area contributed by atoms with Gasteiger partial charge in [-0.25, -0.2) is 9.79 Å². The van der Waals surface area contributed by atoms with Gasteiger partial charge in [0.1, 0.15) is 11.8 Å². The zero-order valence-corrected chi connectivity index (χ0v) is 21.1. The molecule has 0 saturated heterocycles. The van der Waals surface area contributed by atoms with E-state index in [2.05, 4.69) is 4.99 Å². The predicted molar refractivity (Wildman–Crippen MR) is 131 cm³/mol. The number of carbonyl (C=O) groups is 1. The van der Waals surface area contributed by atoms with E-state index in [-0.39, 0.29) is 17.9 Å². The van der Waals surface area contributed by atoms with Crippen molar-refractivity contribution in [1.82, 2.24) is 4.57 Å². The monoisotopic (exact) mass is 532 g/mol. The number of methoxy groups -OCH3 is 2. The lowest BCUT2D eigenvalue weighted by atomic mass is 9.95. The Morgan fingerprint density at radius 2 is 1.94 bits per heavy atom. The number of hydrogen-bond acceptors (Lipinski definition) is 8. The van der Waals surface area contributed by atoms with E-state index in [9.17, 15) is 9.59 Å². The van der Waals surface area contributed by atoms with Gasteiger partial charge in [0.05, 0.1) is 35.0 Å². The van der Waals surface area contributed by atoms with Gasteiger partial charge in [0.15, 0.2) is 16.3 Å². The van der Waals surface area contributed by atoms with Gasteiger partial charge in [-0.2, -0.15) is 0 Å². The fourth-order valence-corrected chi connectivity index (χ4v) is 5.52. The number of aromatic nitrogens is 1. The van der Waals surface area contributed by atoms with Crippen LogP contribution in [0.4, 0.5) is 0 Å². The normalized spacial score (nSPS) is 16.7. The van der Waals surface area contributed by atoms with Crippen molar-refractivity contribution in [2.75, 3.05) is 21.0 Å². The molecule has 0 fully saturated rings. The van der Waals surface area contributed by atoms with Gasteiger partial charge in [-0.1, -0.05) is 34.5 Å². The zero-order valence-electron chi connectivity index (χ0n) is 18.8. The standard InChI is InChI=1S/C24H18Cl2N2O6S/c1-11-20(23(30)32-3)21(14-8-13(25)4-5-16(14)31-2)28-22(29)19(35-24(28)27-11)7-12-6-17-18(9-15(12)26)34-10-33-17/h4-9,21H,10H2,1-3H3/b19-7-/t21-/m0/s1. The Bertz CT molecular complexity index is 1590. The Kier molecular flexibility index (Phi) is 6.08. The second-order valence-electron chi connectivity index (χ2n) is 7.69. The first-order chi connectivity index (χ1) is 16.8. The largest absolute Gasteiger partial charge is 0.496 e. The van der Waals surface area contributed by atoms with Crippen molar-refractivity contribution in [3.63, 3.8) is 0 Å². The topological polar surface area (TPSA) is 88.4 Å². The maximum Gasteiger partial charge on any atom is 0.338 e. The zero-order chi connectivity index (χ0) is 24.9. The van der Waals surface area contributed by atoms with Crippen molar-refractivity contribution in [2.45, 2.75) is 13.0 Å². The second kappa shape index (κ2) is 9.07. The molecule has 3 aromatic rings. The van der Waals surface area contributed by atoms with Crippen LogP contribution in [0.2, 0.25) is 10.0 Å². The summed E-state index contributed by atoms with van der Waals surface area (Å²) in [6.45, 7) is 1.80. The third kappa shape index (κ3) is 3.99. The third-order valence-corrected chi connectivity index (χ3v) is 7.24. The van der Waals surface area contributed by atoms with E-state index < -0.39 is 12.0 Å². The van der Waals surface area contributed by atoms with Gasteiger partial charge in [0, 0.05) is 16.7 Å². The molecule has 0 amide bonds. The SMILES string of the molecule is COC(=O)C1=C(C)N=c2s/c(=C\c3cc4c(cc3Cl)OCO4)c(=O)n2[C@H]1c1cc(Cl)ccc1OC. The van der Waals surface area contributed by atoms with Crippen LogP contribution >= 0.6 is 34.5 Å². The Morgan fingerprint density at radius 1 is 1.20 bits per heavy atom. The Morgan fingerprint density at radius 3 is 2.66 bits per heavy atom. The fraction of sp³-hybridized carbons (Fsp3) is 0.208. The summed E-state index contributed by atoms with van der Waals surface area (Å²) < 4.78 is 23.2. The van der Waals surface area contributed by atoms with Crippen molar-refractivity contribution in [2.24, 2.45) is 4.99 Å². The number of ether oxygens (including phenoxy) is 4. The van der Waals surface area contributed by atoms with Crippen molar-refractivity contribution in [3.8, 4) is 17.2 Å². The number of hydrogen-bond donors (Lipinski definition) is 0. The molecule has 0 unspecified atom stereocenters. The lowest BCUT2D eigenvalue weighted by molar-refractivity contribution is -0.136. The molecule has 2 aliphatic heterocycles. The molecule has 1 aromatic heterocycles. The minimum absolute atomic E-state index is 0.106. The van der Waals surface area contributed by atoms with Crippen LogP contribution in [0.25, 0.3) is 6.08 Å². The highest BCUT2D eigenvalue weighted by atomic mass is 35.5. The van der Waals surface area contributed by atoms with E-state index in [4.69, 9.17) is 42.1 Å². The molecule has 1 atom stereocenters. The summed E-state index contributed by atoms with van der Waals surface area (Å²) >= 11 is 13.9. The number of allylic oxidation sites excluding steroid dienone is 1. The molecule has 8 nitrogen and oxygen atoms in total. The average molecular weight is 533 g/mol. The van der Waals surface area contributed by atoms with Gasteiger partial charge in [-0.3, -0.25) is 9.36 Å². The maximum atomic E-state index is 13.7. The van der Waals surface area contributed by atoms with Crippen LogP contribution in [0, 0.1) is 0 Å². The highest BCUT2D eigenvalue weighted by Crippen LogP contribution is 2.38. The van der Waals surface area contributed by atoms with Gasteiger partial charge in [-0.15, -0.1) is 0 Å². The fourth-order valence-electron chi connectivity index (χ4n) is 4.09. The molecule has 0 N–H and O–H groups in total. The molecule has 2 aromatic carbocycles. The van der Waals surface area contributed by atoms with Crippen LogP contribution in [0.3, 0.4) is 0 Å². The average Bonchev–Trinajstić information content (AvgIpc) is 3.41. The first-order valence-electron chi connectivity index (χ1n) is 10.4. The molecule has 0 radical (unpaired) electrons. The molecule has 180 valence electrons. The van der Waals surface area contributed by atoms with Gasteiger partial charge >= 0.3 is 5.97 Å². The number of carbonyl (C=O) groups excluding carboxylic acids is 1. The number of benzene rings is 2. The van der Waals surface area contributed by atoms with Gasteiger partial charge in [0.2, 0.25) is 6.79 Å². The number of rotatable bonds is 4. The minimum atomic E-state index is -0.860. The molecular weight excluding hydrogens is 515 g/mol. The van der Waals surface area contributed by atoms with E-state index in [0.29, 0.717) is 53.5 Å². The van der Waals surface area contributed by atoms with Crippen molar-refractivity contribution in [1.29, 1.82) is 0 Å². The van der Waals surface area contributed by atoms with E-state index in [1.165, 1.54) is 30.1 Å². The summed E-state index contributed by atoms with van der Waals surface area (Å²) in [5.41, 5.74) is 1.40. The number of thiazole rings is 1. The second-order valence-corrected chi connectivity index (χ2v) is 9.54. The van der Waals surface area contributed by atoms with Gasteiger partial charge < -0.3 is 18.9 Å². The van der Waals surface area contributed by atoms with Crippen LogP contribution < -0.4 is 29.1 Å². The van der Waals surface area contributed by atoms with E-state index >= 15 is 0 Å². The molecule has 0 bridgehead atoms. The summed E-state index contributed by atoms with van der Waals surface area (Å²) in [6.07, 6.45) is 1.66. The Labute approximate surface area is 213 Å². The van der Waals surface area contributed by atoms with Crippen molar-refractivity contribution in [3.05, 3.63) is 82.5 Å². The van der Waals surface area contributed by atoms with Crippen molar-refractivity contribution >= 4 is 46.6 Å². The predicted octanol–water partition coefficient (Wildman–Crippen LogP) is 3.45. The van der Waals surface area contributed by atoms with E-state index in [1.54, 1.807) is 43.3 Å². The smallest absolute Gasteiger partial charge is 0.338 e. The molecule has 2 aliphatic rings. The Balaban J connectivity index is 1.77. The summed E-state index contributed by atoms with van der Waals surface area (Å²) in [4.78, 5) is 31.5. The number of nitrogens with zero attached hydrogens (tertiary/aromatic N) is 2. The Hall–Kier alpha value is -3.27. The van der Waals surface area contributed by atoms with Crippen LogP contribution in [0.5, 0.6) is 17.2 Å². The molecule has 3 heterocycles. The van der Waals surface area contributed by atoms with Crippen LogP contribution in [0.1, 0.15) is 24.1 Å². The summed E-state index contributed by atoms with van der Waals surface area (Å²) in [5, 5.41) is 0.827. The number of fused-ring (bicyclic) bond motifs is 2. The lowest BCUT2D eigenvalue weighted by Gasteiger charge is -2.25. The number of halogens is 2. The number of esters is 1. The summed E-state index contributed by atoms with van der Waals surface area (Å²) in [7, 11) is 2.79. The van der Waals surface area contributed by atoms with E-state index in [0.717, 1.165) is 0 Å². The highest BCUT2D eigenvalue weighted by Gasteiger charge is 2.35. The first kappa shape index (κ1) is 23.5. The van der Waals surface area contributed by atoms with E-state index in [1.807, 2.05) is 0 Å². The minimum Gasteiger partial charge on any atom is -0.496 e. The molecule has 11 heteroatoms. The van der Waals surface area contributed by atoms with Crippen LogP contribution in [0.15, 0.2) is 51.4 Å². The molecular formula is C24H18Cl2N2O6S. The molecule has 0 aliphatic carbocycles. The van der Waals surface area contributed by atoms with Crippen LogP contribution in [-0.2, 0) is 9.53 Å². The third-order valence-electron chi connectivity index (χ3n) is 5.69. The molecule has 5 rings (SSSR count). The lowest BCUT2D eigenvalue weighted by Crippen LogP contribution is -2.40. The summed E-state index contributed by atoms with van der Waals surface area (Å²) in [6, 6.07) is 7.52. The molecule has 0 saturated carbocycles. The molecule has 35 heavy (non-hydrogen) atoms. The van der Waals surface area contributed by atoms with Crippen LogP contribution in [-0.4, -0.2) is 31.5 Å². The summed E-state index contributed by atoms with van der Waals surface area (Å²) in [5.74, 6) is 0.939. The van der Waals surface area contributed by atoms with Crippen molar-refractivity contribution < 1.29 is 23.7 Å². The van der Waals surface area contributed by atoms with Gasteiger partial charge in [-0.05, 0) is 42.8 Å². The van der Waals surface area contributed by atoms with Gasteiger partial charge in [0.25, 0.3) is 5.56 Å². The quantitative estimate of drug-likeness (QED) is 0.478. The molecule has 0 spiro atoms. The maximum absolute atomic E-state index is 13.7.